The van der Waals surface area contributed by atoms with Crippen LogP contribution in [-0.2, 0) is 60.5 Å². The van der Waals surface area contributed by atoms with Crippen molar-refractivity contribution in [3.05, 3.63) is 98.2 Å². The van der Waals surface area contributed by atoms with Crippen LogP contribution in [0.2, 0.25) is 0 Å². The van der Waals surface area contributed by atoms with Gasteiger partial charge in [0.25, 0.3) is 11.8 Å². The van der Waals surface area contributed by atoms with E-state index in [4.69, 9.17) is 44.2 Å². The van der Waals surface area contributed by atoms with Gasteiger partial charge in [0.05, 0.1) is 95.5 Å². The van der Waals surface area contributed by atoms with E-state index >= 15 is 0 Å². The third-order valence-electron chi connectivity index (χ3n) is 11.2. The number of carbonyl (C=O) groups is 4. The minimum Gasteiger partial charge on any atom is -0.445 e. The molecule has 4 N–H and O–H groups in total. The standard InChI is InChI=1S/C49H66F3N11O13S/c1-55-48(67)76-39(35-77(68,69)40-11-9-38(10-12-40)49(50,51)52)5-2-3-6-45(64)56-15-4-20-63-43-33-36(46(65)57-16-21-70-25-29-74-31-27-72-23-18-59-61-53)7-13-41(43)42-14-8-37(34-44(42)63)47(66)58-17-22-71-26-30-75-32-28-73-24-19-60-62-54/h7-14,33-34,39H,2-6,15-32,35H2,1H3,(H,55,67)(H,56,64)(H,57,65)(H,58,66). The summed E-state index contributed by atoms with van der Waals surface area (Å²) in [4.78, 5) is 56.7. The molecule has 28 heteroatoms. The van der Waals surface area contributed by atoms with Gasteiger partial charge in [0.15, 0.2) is 9.84 Å². The molecule has 0 spiro atoms. The molecule has 1 aromatic heterocycles. The van der Waals surface area contributed by atoms with Gasteiger partial charge in [-0.05, 0) is 85.3 Å². The Morgan fingerprint density at radius 2 is 1.12 bits per heavy atom. The predicted molar refractivity (Wildman–Crippen MR) is 276 cm³/mol. The molecule has 4 aromatic rings. The number of rotatable bonds is 39. The van der Waals surface area contributed by atoms with Gasteiger partial charge in [0, 0.05) is 95.5 Å². The van der Waals surface area contributed by atoms with E-state index in [0.29, 0.717) is 109 Å². The molecule has 77 heavy (non-hydrogen) atoms. The average molecular weight is 1110 g/mol. The number of aryl methyl sites for hydroxylation is 1. The second kappa shape index (κ2) is 34.8. The Kier molecular flexibility index (Phi) is 28.4. The van der Waals surface area contributed by atoms with E-state index in [1.165, 1.54) is 7.05 Å². The number of ether oxygens (including phenoxy) is 7. The maximum absolute atomic E-state index is 13.4. The number of benzene rings is 3. The van der Waals surface area contributed by atoms with Gasteiger partial charge in [-0.2, -0.15) is 13.2 Å². The first-order valence-corrected chi connectivity index (χ1v) is 26.5. The molecule has 24 nitrogen and oxygen atoms in total. The number of halogens is 3. The molecule has 4 amide bonds. The van der Waals surface area contributed by atoms with Crippen molar-refractivity contribution in [2.45, 2.75) is 55.8 Å². The van der Waals surface area contributed by atoms with Gasteiger partial charge in [0.2, 0.25) is 5.91 Å². The minimum absolute atomic E-state index is 0.0585. The van der Waals surface area contributed by atoms with E-state index < -0.39 is 39.5 Å². The number of alkyl carbamates (subject to hydrolysis) is 1. The van der Waals surface area contributed by atoms with Gasteiger partial charge >= 0.3 is 12.3 Å². The highest BCUT2D eigenvalue weighted by atomic mass is 32.2. The lowest BCUT2D eigenvalue weighted by molar-refractivity contribution is -0.137. The van der Waals surface area contributed by atoms with Crippen molar-refractivity contribution in [3.8, 4) is 0 Å². The summed E-state index contributed by atoms with van der Waals surface area (Å²) in [5.41, 5.74) is 17.8. The van der Waals surface area contributed by atoms with Crippen LogP contribution < -0.4 is 21.3 Å². The Bertz CT molecular complexity index is 2590. The van der Waals surface area contributed by atoms with Gasteiger partial charge in [-0.25, -0.2) is 13.2 Å². The van der Waals surface area contributed by atoms with Gasteiger partial charge in [-0.1, -0.05) is 22.4 Å². The van der Waals surface area contributed by atoms with Crippen molar-refractivity contribution in [1.29, 1.82) is 0 Å². The van der Waals surface area contributed by atoms with Gasteiger partial charge in [-0.3, -0.25) is 14.4 Å². The van der Waals surface area contributed by atoms with Crippen molar-refractivity contribution in [2.24, 2.45) is 10.2 Å². The van der Waals surface area contributed by atoms with Crippen LogP contribution in [0.4, 0.5) is 18.0 Å². The number of nitrogens with one attached hydrogen (secondary N) is 4. The van der Waals surface area contributed by atoms with Gasteiger partial charge in [0.1, 0.15) is 6.10 Å². The number of amides is 4. The molecule has 0 bridgehead atoms. The fourth-order valence-electron chi connectivity index (χ4n) is 7.47. The second-order valence-electron chi connectivity index (χ2n) is 16.7. The van der Waals surface area contributed by atoms with Crippen LogP contribution in [0, 0.1) is 0 Å². The zero-order chi connectivity index (χ0) is 55.7. The lowest BCUT2D eigenvalue weighted by Gasteiger charge is -2.18. The molecule has 0 aliphatic rings. The molecular formula is C49H66F3N11O13S. The van der Waals surface area contributed by atoms with Crippen LogP contribution in [-0.4, -0.2) is 168 Å². The molecule has 422 valence electrons. The number of hydrogen-bond acceptors (Lipinski definition) is 15. The molecule has 0 saturated heterocycles. The third-order valence-corrected chi connectivity index (χ3v) is 13.0. The van der Waals surface area contributed by atoms with Crippen molar-refractivity contribution in [1.82, 2.24) is 25.8 Å². The monoisotopic (exact) mass is 1110 g/mol. The number of alkyl halides is 3. The maximum atomic E-state index is 13.4. The normalized spacial score (nSPS) is 11.9. The predicted octanol–water partition coefficient (Wildman–Crippen LogP) is 6.26. The third kappa shape index (κ3) is 23.2. The van der Waals surface area contributed by atoms with Gasteiger partial charge < -0.3 is 59.0 Å². The molecule has 3 aromatic carbocycles. The highest BCUT2D eigenvalue weighted by Gasteiger charge is 2.31. The Morgan fingerprint density at radius 1 is 0.636 bits per heavy atom. The van der Waals surface area contributed by atoms with Crippen molar-refractivity contribution in [3.63, 3.8) is 0 Å². The molecule has 4 rings (SSSR count). The van der Waals surface area contributed by atoms with Gasteiger partial charge in [-0.15, -0.1) is 0 Å². The molecule has 0 aliphatic carbocycles. The summed E-state index contributed by atoms with van der Waals surface area (Å²) in [5.74, 6) is -1.62. The highest BCUT2D eigenvalue weighted by Crippen LogP contribution is 2.32. The first-order valence-electron chi connectivity index (χ1n) is 24.8. The highest BCUT2D eigenvalue weighted by molar-refractivity contribution is 7.91. The average Bonchev–Trinajstić information content (AvgIpc) is 3.73. The summed E-state index contributed by atoms with van der Waals surface area (Å²) in [6, 6.07) is 13.7. The number of unbranched alkanes of at least 4 members (excludes halogenated alkanes) is 1. The van der Waals surface area contributed by atoms with E-state index in [0.717, 1.165) is 33.9 Å². The Morgan fingerprint density at radius 3 is 1.58 bits per heavy atom. The smallest absolute Gasteiger partial charge is 0.416 e. The number of carbonyl (C=O) groups excluding carboxylic acids is 4. The molecule has 0 saturated carbocycles. The van der Waals surface area contributed by atoms with Crippen LogP contribution >= 0.6 is 0 Å². The topological polar surface area (TPSA) is 318 Å². The fraction of sp³-hybridized carbons (Fsp3) is 0.551. The summed E-state index contributed by atoms with van der Waals surface area (Å²) >= 11 is 0. The Balaban J connectivity index is 1.33. The number of fused-ring (bicyclic) bond motifs is 3. The first-order chi connectivity index (χ1) is 37.2. The van der Waals surface area contributed by atoms with E-state index in [2.05, 4.69) is 41.3 Å². The lowest BCUT2D eigenvalue weighted by Crippen LogP contribution is -2.31. The van der Waals surface area contributed by atoms with E-state index in [1.807, 2.05) is 16.7 Å². The number of azide groups is 2. The van der Waals surface area contributed by atoms with Crippen LogP contribution in [0.1, 0.15) is 58.4 Å². The lowest BCUT2D eigenvalue weighted by atomic mass is 10.1. The fourth-order valence-corrected chi connectivity index (χ4v) is 8.94. The Hall–Kier alpha value is -6.74. The van der Waals surface area contributed by atoms with Crippen LogP contribution in [0.3, 0.4) is 0 Å². The second-order valence-corrected chi connectivity index (χ2v) is 18.8. The summed E-state index contributed by atoms with van der Waals surface area (Å²) in [6.07, 6.45) is -5.53. The van der Waals surface area contributed by atoms with Crippen LogP contribution in [0.25, 0.3) is 42.7 Å². The summed E-state index contributed by atoms with van der Waals surface area (Å²) in [6.45, 7) is 5.28. The summed E-state index contributed by atoms with van der Waals surface area (Å²) in [7, 11) is -2.86. The zero-order valence-electron chi connectivity index (χ0n) is 42.8. The van der Waals surface area contributed by atoms with E-state index in [9.17, 15) is 40.8 Å². The number of aromatic nitrogens is 1. The Labute approximate surface area is 443 Å². The number of hydrogen-bond donors (Lipinski definition) is 4. The first kappa shape index (κ1) is 62.8. The van der Waals surface area contributed by atoms with Crippen LogP contribution in [0.5, 0.6) is 0 Å². The minimum atomic E-state index is -4.65. The zero-order valence-corrected chi connectivity index (χ0v) is 43.6. The number of sulfone groups is 1. The molecule has 0 aliphatic heterocycles. The SMILES string of the molecule is CNC(=O)OC(CCCCC(=O)NCCCn1c2cc(C(=O)NCCOCCOCCOCCN=[N+]=[N-])ccc2c2ccc(C(=O)NCCOCCOCCOCCN=[N+]=[N-])cc21)CS(=O)(=O)c1ccc(C(F)(F)F)cc1. The van der Waals surface area contributed by atoms with Crippen molar-refractivity contribution < 1.29 is 73.9 Å². The van der Waals surface area contributed by atoms with Crippen molar-refractivity contribution in [2.75, 3.05) is 125 Å². The quantitative estimate of drug-likeness (QED) is 0.0166. The number of nitrogens with zero attached hydrogens (tertiary/aromatic N) is 7. The molecule has 1 heterocycles. The molecule has 1 unspecified atom stereocenters. The molecule has 0 radical (unpaired) electrons. The summed E-state index contributed by atoms with van der Waals surface area (Å²) < 4.78 is 105. The maximum Gasteiger partial charge on any atom is 0.416 e. The van der Waals surface area contributed by atoms with Crippen LogP contribution in [0.15, 0.2) is 75.8 Å². The van der Waals surface area contributed by atoms with E-state index in [-0.39, 0.29) is 87.8 Å². The summed E-state index contributed by atoms with van der Waals surface area (Å²) in [5, 5.41) is 19.3. The molecular weight excluding hydrogens is 1040 g/mol. The largest absolute Gasteiger partial charge is 0.445 e. The van der Waals surface area contributed by atoms with E-state index in [1.54, 1.807) is 24.3 Å². The molecule has 1 atom stereocenters. The molecule has 0 fully saturated rings. The van der Waals surface area contributed by atoms with Crippen molar-refractivity contribution >= 4 is 55.5 Å².